The molecule has 0 aliphatic rings. The molecule has 20 heavy (non-hydrogen) atoms. The fourth-order valence-electron chi connectivity index (χ4n) is 2.08. The SMILES string of the molecule is CCNC(c1cncc(Br)c1)c1ccc(OC)c(Br)c1. The predicted octanol–water partition coefficient (Wildman–Crippen LogP) is 4.31. The summed E-state index contributed by atoms with van der Waals surface area (Å²) in [6.07, 6.45) is 3.67. The zero-order valence-corrected chi connectivity index (χ0v) is 14.5. The Morgan fingerprint density at radius 3 is 2.60 bits per heavy atom. The van der Waals surface area contributed by atoms with Crippen LogP contribution in [0.4, 0.5) is 0 Å². The topological polar surface area (TPSA) is 34.2 Å². The molecule has 1 unspecified atom stereocenters. The van der Waals surface area contributed by atoms with Crippen molar-refractivity contribution in [1.29, 1.82) is 0 Å². The van der Waals surface area contributed by atoms with Gasteiger partial charge in [0.1, 0.15) is 5.75 Å². The van der Waals surface area contributed by atoms with Gasteiger partial charge < -0.3 is 10.1 Å². The molecule has 1 aromatic heterocycles. The lowest BCUT2D eigenvalue weighted by molar-refractivity contribution is 0.412. The van der Waals surface area contributed by atoms with Gasteiger partial charge in [-0.15, -0.1) is 0 Å². The lowest BCUT2D eigenvalue weighted by Gasteiger charge is -2.19. The molecule has 0 saturated heterocycles. The van der Waals surface area contributed by atoms with E-state index >= 15 is 0 Å². The number of methoxy groups -OCH3 is 1. The van der Waals surface area contributed by atoms with Gasteiger partial charge in [-0.3, -0.25) is 4.98 Å². The molecule has 2 aromatic rings. The fraction of sp³-hybridized carbons (Fsp3) is 0.267. The molecular formula is C15H16Br2N2O. The van der Waals surface area contributed by atoms with Gasteiger partial charge in [0.25, 0.3) is 0 Å². The maximum Gasteiger partial charge on any atom is 0.133 e. The molecule has 0 aliphatic heterocycles. The number of nitrogens with zero attached hydrogens (tertiary/aromatic N) is 1. The van der Waals surface area contributed by atoms with Crippen molar-refractivity contribution in [3.63, 3.8) is 0 Å². The van der Waals surface area contributed by atoms with Crippen molar-refractivity contribution in [3.05, 3.63) is 56.7 Å². The summed E-state index contributed by atoms with van der Waals surface area (Å²) in [6.45, 7) is 2.97. The quantitative estimate of drug-likeness (QED) is 0.813. The Morgan fingerprint density at radius 1 is 1.20 bits per heavy atom. The van der Waals surface area contributed by atoms with E-state index < -0.39 is 0 Å². The molecule has 0 fully saturated rings. The Hall–Kier alpha value is -0.910. The van der Waals surface area contributed by atoms with E-state index in [4.69, 9.17) is 4.74 Å². The number of rotatable bonds is 5. The first-order valence-electron chi connectivity index (χ1n) is 6.33. The van der Waals surface area contributed by atoms with Crippen LogP contribution in [0.25, 0.3) is 0 Å². The molecule has 3 nitrogen and oxygen atoms in total. The molecule has 1 aromatic carbocycles. The van der Waals surface area contributed by atoms with Crippen LogP contribution < -0.4 is 10.1 Å². The molecule has 0 bridgehead atoms. The number of nitrogens with one attached hydrogen (secondary N) is 1. The summed E-state index contributed by atoms with van der Waals surface area (Å²) in [5.74, 6) is 0.830. The first-order valence-corrected chi connectivity index (χ1v) is 7.91. The summed E-state index contributed by atoms with van der Waals surface area (Å²) >= 11 is 7.01. The second kappa shape index (κ2) is 7.20. The average molecular weight is 400 g/mol. The highest BCUT2D eigenvalue weighted by atomic mass is 79.9. The Morgan fingerprint density at radius 2 is 2.00 bits per heavy atom. The first kappa shape index (κ1) is 15.5. The van der Waals surface area contributed by atoms with Crippen LogP contribution in [0, 0.1) is 0 Å². The molecule has 5 heteroatoms. The van der Waals surface area contributed by atoms with Crippen LogP contribution in [0.3, 0.4) is 0 Å². The number of pyridine rings is 1. The Kier molecular flexibility index (Phi) is 5.57. The third-order valence-electron chi connectivity index (χ3n) is 2.98. The van der Waals surface area contributed by atoms with Gasteiger partial charge in [0.05, 0.1) is 17.6 Å². The summed E-state index contributed by atoms with van der Waals surface area (Å²) in [5, 5.41) is 3.48. The van der Waals surface area contributed by atoms with E-state index in [9.17, 15) is 0 Å². The van der Waals surface area contributed by atoms with E-state index in [0.29, 0.717) is 0 Å². The van der Waals surface area contributed by atoms with Crippen molar-refractivity contribution in [1.82, 2.24) is 10.3 Å². The van der Waals surface area contributed by atoms with E-state index in [1.165, 1.54) is 5.56 Å². The highest BCUT2D eigenvalue weighted by Crippen LogP contribution is 2.31. The van der Waals surface area contributed by atoms with Gasteiger partial charge in [-0.05, 0) is 67.7 Å². The number of ether oxygens (including phenoxy) is 1. The molecule has 1 atom stereocenters. The minimum atomic E-state index is 0.104. The molecular weight excluding hydrogens is 384 g/mol. The van der Waals surface area contributed by atoms with Crippen molar-refractivity contribution in [2.45, 2.75) is 13.0 Å². The number of aromatic nitrogens is 1. The van der Waals surface area contributed by atoms with E-state index in [1.54, 1.807) is 13.3 Å². The largest absolute Gasteiger partial charge is 0.496 e. The molecule has 1 N–H and O–H groups in total. The third-order valence-corrected chi connectivity index (χ3v) is 4.03. The van der Waals surface area contributed by atoms with Gasteiger partial charge >= 0.3 is 0 Å². The van der Waals surface area contributed by atoms with Crippen LogP contribution in [-0.2, 0) is 0 Å². The fourth-order valence-corrected chi connectivity index (χ4v) is 3.02. The van der Waals surface area contributed by atoms with Gasteiger partial charge in [-0.25, -0.2) is 0 Å². The number of hydrogen-bond donors (Lipinski definition) is 1. The Bertz CT molecular complexity index is 590. The minimum absolute atomic E-state index is 0.104. The standard InChI is InChI=1S/C15H16Br2N2O/c1-3-19-15(11-6-12(16)9-18-8-11)10-4-5-14(20-2)13(17)7-10/h4-9,15,19H,3H2,1-2H3. The number of benzene rings is 1. The zero-order chi connectivity index (χ0) is 14.5. The van der Waals surface area contributed by atoms with Gasteiger partial charge in [0.2, 0.25) is 0 Å². The molecule has 106 valence electrons. The van der Waals surface area contributed by atoms with Gasteiger partial charge in [-0.2, -0.15) is 0 Å². The van der Waals surface area contributed by atoms with Crippen LogP contribution in [0.1, 0.15) is 24.1 Å². The minimum Gasteiger partial charge on any atom is -0.496 e. The maximum atomic E-state index is 5.28. The lowest BCUT2D eigenvalue weighted by Crippen LogP contribution is -2.22. The normalized spacial score (nSPS) is 12.2. The summed E-state index contributed by atoms with van der Waals surface area (Å²) < 4.78 is 7.20. The third kappa shape index (κ3) is 3.59. The second-order valence-electron chi connectivity index (χ2n) is 4.32. The molecule has 0 aliphatic carbocycles. The second-order valence-corrected chi connectivity index (χ2v) is 6.09. The number of halogens is 2. The van der Waals surface area contributed by atoms with Gasteiger partial charge in [0.15, 0.2) is 0 Å². The molecule has 0 radical (unpaired) electrons. The smallest absolute Gasteiger partial charge is 0.133 e. The predicted molar refractivity (Wildman–Crippen MR) is 88.2 cm³/mol. The molecule has 0 amide bonds. The van der Waals surface area contributed by atoms with Gasteiger partial charge in [0, 0.05) is 16.9 Å². The van der Waals surface area contributed by atoms with Gasteiger partial charge in [-0.1, -0.05) is 13.0 Å². The summed E-state index contributed by atoms with van der Waals surface area (Å²) in [4.78, 5) is 4.25. The molecule has 2 rings (SSSR count). The van der Waals surface area contributed by atoms with E-state index in [1.807, 2.05) is 12.3 Å². The highest BCUT2D eigenvalue weighted by Gasteiger charge is 2.15. The summed E-state index contributed by atoms with van der Waals surface area (Å²) in [5.41, 5.74) is 2.29. The highest BCUT2D eigenvalue weighted by molar-refractivity contribution is 9.10. The van der Waals surface area contributed by atoms with Crippen molar-refractivity contribution in [2.24, 2.45) is 0 Å². The first-order chi connectivity index (χ1) is 9.65. The van der Waals surface area contributed by atoms with E-state index in [2.05, 4.69) is 67.3 Å². The van der Waals surface area contributed by atoms with Crippen LogP contribution in [0.2, 0.25) is 0 Å². The van der Waals surface area contributed by atoms with Crippen molar-refractivity contribution >= 4 is 31.9 Å². The van der Waals surface area contributed by atoms with Crippen LogP contribution in [0.5, 0.6) is 5.75 Å². The Labute approximate surface area is 136 Å². The van der Waals surface area contributed by atoms with Crippen molar-refractivity contribution < 1.29 is 4.74 Å². The van der Waals surface area contributed by atoms with Crippen molar-refractivity contribution in [3.8, 4) is 5.75 Å². The van der Waals surface area contributed by atoms with Crippen molar-refractivity contribution in [2.75, 3.05) is 13.7 Å². The number of hydrogen-bond acceptors (Lipinski definition) is 3. The van der Waals surface area contributed by atoms with E-state index in [-0.39, 0.29) is 6.04 Å². The summed E-state index contributed by atoms with van der Waals surface area (Å²) in [6, 6.07) is 8.30. The van der Waals surface area contributed by atoms with Crippen LogP contribution in [0.15, 0.2) is 45.6 Å². The summed E-state index contributed by atoms with van der Waals surface area (Å²) in [7, 11) is 1.67. The average Bonchev–Trinajstić information content (AvgIpc) is 2.44. The maximum absolute atomic E-state index is 5.28. The lowest BCUT2D eigenvalue weighted by atomic mass is 10.00. The van der Waals surface area contributed by atoms with Crippen LogP contribution in [-0.4, -0.2) is 18.6 Å². The molecule has 0 spiro atoms. The molecule has 1 heterocycles. The Balaban J connectivity index is 2.40. The monoisotopic (exact) mass is 398 g/mol. The van der Waals surface area contributed by atoms with E-state index in [0.717, 1.165) is 26.8 Å². The zero-order valence-electron chi connectivity index (χ0n) is 11.4. The van der Waals surface area contributed by atoms with Crippen LogP contribution >= 0.6 is 31.9 Å². The molecule has 0 saturated carbocycles.